The summed E-state index contributed by atoms with van der Waals surface area (Å²) in [7, 11) is 0. The highest BCUT2D eigenvalue weighted by Gasteiger charge is 2.19. The topological polar surface area (TPSA) is 60.2 Å². The minimum Gasteiger partial charge on any atom is -0.505 e. The molecule has 0 saturated carbocycles. The van der Waals surface area contributed by atoms with Crippen molar-refractivity contribution in [1.29, 1.82) is 0 Å². The van der Waals surface area contributed by atoms with Crippen LogP contribution in [0.5, 0.6) is 17.4 Å². The van der Waals surface area contributed by atoms with E-state index in [0.29, 0.717) is 29.0 Å². The molecule has 0 fully saturated rings. The van der Waals surface area contributed by atoms with Crippen molar-refractivity contribution >= 4 is 32.7 Å². The van der Waals surface area contributed by atoms with Crippen molar-refractivity contribution in [3.8, 4) is 23.2 Å². The Kier molecular flexibility index (Phi) is 7.37. The molecule has 5 heteroatoms. The first-order valence-electron chi connectivity index (χ1n) is 15.4. The Hall–Kier alpha value is -4.38. The summed E-state index contributed by atoms with van der Waals surface area (Å²) in [4.78, 5) is 9.66. The van der Waals surface area contributed by atoms with Crippen LogP contribution in [-0.2, 0) is 0 Å². The molecule has 0 aliphatic heterocycles. The number of ether oxygens (including phenoxy) is 1. The van der Waals surface area contributed by atoms with Gasteiger partial charge in [-0.15, -0.1) is 0 Å². The lowest BCUT2D eigenvalue weighted by Crippen LogP contribution is -2.00. The molecule has 0 saturated heterocycles. The van der Waals surface area contributed by atoms with E-state index in [4.69, 9.17) is 14.7 Å². The second kappa shape index (κ2) is 11.0. The van der Waals surface area contributed by atoms with Gasteiger partial charge in [-0.05, 0) is 76.3 Å². The second-order valence-corrected chi connectivity index (χ2v) is 12.9. The molecule has 3 aromatic heterocycles. The molecule has 6 aromatic rings. The van der Waals surface area contributed by atoms with Crippen molar-refractivity contribution in [1.82, 2.24) is 14.5 Å². The Bertz CT molecular complexity index is 1980. The zero-order valence-electron chi connectivity index (χ0n) is 26.4. The summed E-state index contributed by atoms with van der Waals surface area (Å²) in [6, 6.07) is 23.3. The molecule has 5 nitrogen and oxygen atoms in total. The number of phenolic OH excluding ortho intramolecular Hbond substituents is 1. The summed E-state index contributed by atoms with van der Waals surface area (Å²) in [5.41, 5.74) is 7.25. The number of nitrogens with zero attached hydrogens (tertiary/aromatic N) is 3. The van der Waals surface area contributed by atoms with Gasteiger partial charge in [-0.2, -0.15) is 0 Å². The molecule has 0 radical (unpaired) electrons. The van der Waals surface area contributed by atoms with Crippen LogP contribution in [0.4, 0.5) is 0 Å². The van der Waals surface area contributed by atoms with Crippen LogP contribution in [0.15, 0.2) is 72.9 Å². The molecule has 43 heavy (non-hydrogen) atoms. The molecule has 3 aromatic carbocycles. The van der Waals surface area contributed by atoms with Crippen LogP contribution in [0.25, 0.3) is 38.5 Å². The number of rotatable bonds is 7. The van der Waals surface area contributed by atoms with Crippen molar-refractivity contribution in [2.75, 3.05) is 0 Å². The number of hydrogen-bond acceptors (Lipinski definition) is 4. The maximum absolute atomic E-state index is 11.2. The number of benzene rings is 3. The monoisotopic (exact) mass is 571 g/mol. The third-order valence-electron chi connectivity index (χ3n) is 8.56. The highest BCUT2D eigenvalue weighted by molar-refractivity contribution is 6.09. The molecule has 3 heterocycles. The third kappa shape index (κ3) is 5.11. The van der Waals surface area contributed by atoms with E-state index < -0.39 is 0 Å². The molecule has 6 rings (SSSR count). The van der Waals surface area contributed by atoms with E-state index in [1.807, 2.05) is 24.4 Å². The summed E-state index contributed by atoms with van der Waals surface area (Å²) >= 11 is 0. The maximum Gasteiger partial charge on any atom is 0.220 e. The van der Waals surface area contributed by atoms with E-state index in [-0.39, 0.29) is 17.6 Å². The SMILES string of the molecule is CC(C)c1ccnc(-n2c3cc(Oc4cc(C(C)C)c5ccc(C(C)C)c(O)c5n4)ccc3c3ccc(C(C)C)cc32)c1. The maximum atomic E-state index is 11.2. The zero-order valence-corrected chi connectivity index (χ0v) is 26.4. The highest BCUT2D eigenvalue weighted by Crippen LogP contribution is 2.40. The van der Waals surface area contributed by atoms with Gasteiger partial charge >= 0.3 is 0 Å². The van der Waals surface area contributed by atoms with Crippen LogP contribution in [0.2, 0.25) is 0 Å². The van der Waals surface area contributed by atoms with Gasteiger partial charge in [0.15, 0.2) is 0 Å². The van der Waals surface area contributed by atoms with Gasteiger partial charge in [-0.3, -0.25) is 4.57 Å². The minimum absolute atomic E-state index is 0.182. The fraction of sp³-hybridized carbons (Fsp3) is 0.316. The van der Waals surface area contributed by atoms with E-state index in [2.05, 4.69) is 108 Å². The van der Waals surface area contributed by atoms with Crippen molar-refractivity contribution in [2.45, 2.75) is 79.1 Å². The summed E-state index contributed by atoms with van der Waals surface area (Å²) in [5.74, 6) is 3.48. The van der Waals surface area contributed by atoms with E-state index >= 15 is 0 Å². The predicted octanol–water partition coefficient (Wildman–Crippen LogP) is 10.7. The minimum atomic E-state index is 0.182. The van der Waals surface area contributed by atoms with Crippen molar-refractivity contribution in [3.63, 3.8) is 0 Å². The van der Waals surface area contributed by atoms with Crippen LogP contribution in [0.1, 0.15) is 101 Å². The van der Waals surface area contributed by atoms with Gasteiger partial charge in [-0.1, -0.05) is 79.7 Å². The summed E-state index contributed by atoms with van der Waals surface area (Å²) in [5, 5.41) is 14.5. The largest absolute Gasteiger partial charge is 0.505 e. The molecule has 0 spiro atoms. The van der Waals surface area contributed by atoms with Gasteiger partial charge in [0.05, 0.1) is 11.0 Å². The summed E-state index contributed by atoms with van der Waals surface area (Å²) in [6.45, 7) is 17.3. The van der Waals surface area contributed by atoms with Gasteiger partial charge in [-0.25, -0.2) is 9.97 Å². The number of fused-ring (bicyclic) bond motifs is 4. The Morgan fingerprint density at radius 2 is 1.26 bits per heavy atom. The first-order chi connectivity index (χ1) is 20.5. The normalized spacial score (nSPS) is 12.2. The first-order valence-corrected chi connectivity index (χ1v) is 15.4. The van der Waals surface area contributed by atoms with E-state index in [9.17, 15) is 5.11 Å². The lowest BCUT2D eigenvalue weighted by atomic mass is 9.94. The van der Waals surface area contributed by atoms with Crippen molar-refractivity contribution in [3.05, 3.63) is 95.2 Å². The van der Waals surface area contributed by atoms with Gasteiger partial charge in [0.2, 0.25) is 5.88 Å². The van der Waals surface area contributed by atoms with E-state index in [0.717, 1.165) is 38.8 Å². The Morgan fingerprint density at radius 3 is 1.93 bits per heavy atom. The van der Waals surface area contributed by atoms with Gasteiger partial charge in [0.25, 0.3) is 0 Å². The Balaban J connectivity index is 1.55. The molecule has 220 valence electrons. The lowest BCUT2D eigenvalue weighted by molar-refractivity contribution is 0.456. The second-order valence-electron chi connectivity index (χ2n) is 12.9. The average Bonchev–Trinajstić information content (AvgIpc) is 3.29. The van der Waals surface area contributed by atoms with E-state index in [1.165, 1.54) is 16.5 Å². The fourth-order valence-electron chi connectivity index (χ4n) is 6.01. The number of phenols is 1. The summed E-state index contributed by atoms with van der Waals surface area (Å²) in [6.07, 6.45) is 1.90. The standard InChI is InChI=1S/C38H41N3O2/c1-21(2)25-9-11-29-30-12-10-27(19-34(30)41(33(29)17-25)35-18-26(22(3)4)15-16-39-35)43-36-20-32(24(7)8)31-14-13-28(23(5)6)38(42)37(31)40-36/h9-24,42H,1-8H3. The summed E-state index contributed by atoms with van der Waals surface area (Å²) < 4.78 is 8.75. The molecule has 0 amide bonds. The van der Waals surface area contributed by atoms with Crippen LogP contribution in [0, 0.1) is 0 Å². The van der Waals surface area contributed by atoms with Gasteiger partial charge < -0.3 is 9.84 Å². The number of aromatic hydroxyl groups is 1. The average molecular weight is 572 g/mol. The van der Waals surface area contributed by atoms with Crippen LogP contribution >= 0.6 is 0 Å². The molecule has 0 unspecified atom stereocenters. The molecule has 0 aliphatic rings. The van der Waals surface area contributed by atoms with Gasteiger partial charge in [0.1, 0.15) is 22.8 Å². The number of aromatic nitrogens is 3. The molecule has 0 atom stereocenters. The van der Waals surface area contributed by atoms with Crippen LogP contribution in [-0.4, -0.2) is 19.6 Å². The van der Waals surface area contributed by atoms with Crippen molar-refractivity contribution in [2.24, 2.45) is 0 Å². The Labute approximate surface area is 254 Å². The third-order valence-corrected chi connectivity index (χ3v) is 8.56. The fourth-order valence-corrected chi connectivity index (χ4v) is 6.01. The smallest absolute Gasteiger partial charge is 0.220 e. The lowest BCUT2D eigenvalue weighted by Gasteiger charge is -2.16. The molecule has 1 N–H and O–H groups in total. The Morgan fingerprint density at radius 1 is 0.628 bits per heavy atom. The molecule has 0 bridgehead atoms. The number of hydrogen-bond donors (Lipinski definition) is 1. The van der Waals surface area contributed by atoms with Crippen LogP contribution < -0.4 is 4.74 Å². The van der Waals surface area contributed by atoms with Crippen LogP contribution in [0.3, 0.4) is 0 Å². The molecular weight excluding hydrogens is 530 g/mol. The number of pyridine rings is 2. The quantitative estimate of drug-likeness (QED) is 0.207. The molecule has 0 aliphatic carbocycles. The first kappa shape index (κ1) is 28.7. The van der Waals surface area contributed by atoms with E-state index in [1.54, 1.807) is 0 Å². The highest BCUT2D eigenvalue weighted by atomic mass is 16.5. The van der Waals surface area contributed by atoms with Crippen molar-refractivity contribution < 1.29 is 9.84 Å². The predicted molar refractivity (Wildman–Crippen MR) is 178 cm³/mol. The molecular formula is C38H41N3O2. The van der Waals surface area contributed by atoms with Gasteiger partial charge in [0, 0.05) is 34.5 Å². The zero-order chi connectivity index (χ0) is 30.6.